The number of phenolic OH excluding ortho intramolecular Hbond substituents is 1. The minimum atomic E-state index is -1.67. The van der Waals surface area contributed by atoms with Crippen molar-refractivity contribution in [3.8, 4) is 5.75 Å². The highest BCUT2D eigenvalue weighted by Gasteiger charge is 2.30. The van der Waals surface area contributed by atoms with Crippen LogP contribution in [0.3, 0.4) is 0 Å². The summed E-state index contributed by atoms with van der Waals surface area (Å²) in [5.41, 5.74) is 12.3. The number of carbonyl (C=O) groups is 5. The molecule has 1 aromatic rings. The molecule has 38 heavy (non-hydrogen) atoms. The maximum absolute atomic E-state index is 13.1. The quantitative estimate of drug-likeness (QED) is 0.104. The summed E-state index contributed by atoms with van der Waals surface area (Å²) >= 11 is 1.39. The van der Waals surface area contributed by atoms with Crippen LogP contribution < -0.4 is 27.4 Å². The summed E-state index contributed by atoms with van der Waals surface area (Å²) in [5, 5.41) is 34.9. The van der Waals surface area contributed by atoms with E-state index < -0.39 is 60.2 Å². The normalized spacial score (nSPS) is 14.0. The number of thioether (sulfide) groups is 1. The zero-order chi connectivity index (χ0) is 28.7. The fourth-order valence-electron chi connectivity index (χ4n) is 3.44. The third-order valence-corrected chi connectivity index (χ3v) is 6.19. The Labute approximate surface area is 225 Å². The van der Waals surface area contributed by atoms with Crippen LogP contribution in [0.15, 0.2) is 24.3 Å². The van der Waals surface area contributed by atoms with E-state index in [1.165, 1.54) is 23.9 Å². The van der Waals surface area contributed by atoms with Gasteiger partial charge in [0.15, 0.2) is 0 Å². The molecule has 0 fully saturated rings. The van der Waals surface area contributed by atoms with Crippen LogP contribution in [0.4, 0.5) is 0 Å². The van der Waals surface area contributed by atoms with E-state index in [2.05, 4.69) is 16.0 Å². The molecule has 0 bridgehead atoms. The summed E-state index contributed by atoms with van der Waals surface area (Å²) in [7, 11) is 0. The van der Waals surface area contributed by atoms with Crippen molar-refractivity contribution in [1.82, 2.24) is 16.0 Å². The molecule has 212 valence electrons. The molecule has 0 saturated heterocycles. The lowest BCUT2D eigenvalue weighted by Gasteiger charge is -2.25. The Balaban J connectivity index is 2.96. The van der Waals surface area contributed by atoms with Gasteiger partial charge in [0.05, 0.1) is 12.5 Å². The molecule has 4 unspecified atom stereocenters. The molecule has 13 nitrogen and oxygen atoms in total. The van der Waals surface area contributed by atoms with E-state index in [9.17, 15) is 34.2 Å². The number of aromatic hydroxyl groups is 1. The lowest BCUT2D eigenvalue weighted by Crippen LogP contribution is -2.57. The summed E-state index contributed by atoms with van der Waals surface area (Å²) in [4.78, 5) is 61.0. The van der Waals surface area contributed by atoms with Gasteiger partial charge in [0.2, 0.25) is 17.7 Å². The Bertz CT molecular complexity index is 946. The minimum absolute atomic E-state index is 0.0705. The van der Waals surface area contributed by atoms with Crippen molar-refractivity contribution in [2.45, 2.75) is 62.7 Å². The van der Waals surface area contributed by atoms with Crippen LogP contribution in [0.25, 0.3) is 0 Å². The van der Waals surface area contributed by atoms with Gasteiger partial charge in [0.25, 0.3) is 0 Å². The minimum Gasteiger partial charge on any atom is -0.508 e. The van der Waals surface area contributed by atoms with Crippen molar-refractivity contribution in [1.29, 1.82) is 0 Å². The number of nitrogens with one attached hydrogen (secondary N) is 3. The second-order valence-electron chi connectivity index (χ2n) is 8.66. The van der Waals surface area contributed by atoms with Crippen LogP contribution in [0, 0.1) is 0 Å². The van der Waals surface area contributed by atoms with Gasteiger partial charge in [-0.15, -0.1) is 0 Å². The predicted molar refractivity (Wildman–Crippen MR) is 141 cm³/mol. The number of rotatable bonds is 18. The smallest absolute Gasteiger partial charge is 0.326 e. The number of phenols is 1. The molecule has 0 spiro atoms. The molecule has 0 radical (unpaired) electrons. The Kier molecular flexibility index (Phi) is 14.8. The van der Waals surface area contributed by atoms with Gasteiger partial charge in [-0.2, -0.15) is 11.8 Å². The maximum Gasteiger partial charge on any atom is 0.326 e. The lowest BCUT2D eigenvalue weighted by atomic mass is 10.0. The summed E-state index contributed by atoms with van der Waals surface area (Å²) in [6, 6.07) is 1.31. The fraction of sp³-hybridized carbons (Fsp3) is 0.542. The molecule has 0 heterocycles. The zero-order valence-electron chi connectivity index (χ0n) is 21.2. The number of carboxylic acid groups (broad SMARTS) is 2. The average molecular weight is 556 g/mol. The summed E-state index contributed by atoms with van der Waals surface area (Å²) < 4.78 is 0. The number of hydrogen-bond donors (Lipinski definition) is 8. The summed E-state index contributed by atoms with van der Waals surface area (Å²) in [6.45, 7) is 0.377. The zero-order valence-corrected chi connectivity index (χ0v) is 22.0. The van der Waals surface area contributed by atoms with Crippen LogP contribution in [-0.4, -0.2) is 87.7 Å². The third-order valence-electron chi connectivity index (χ3n) is 5.55. The molecule has 0 aliphatic heterocycles. The van der Waals surface area contributed by atoms with Gasteiger partial charge in [-0.25, -0.2) is 4.79 Å². The van der Waals surface area contributed by atoms with Gasteiger partial charge < -0.3 is 42.7 Å². The highest BCUT2D eigenvalue weighted by Crippen LogP contribution is 2.11. The number of carbonyl (C=O) groups excluding carboxylic acids is 3. The first-order valence-electron chi connectivity index (χ1n) is 12.1. The fourth-order valence-corrected chi connectivity index (χ4v) is 3.91. The van der Waals surface area contributed by atoms with Crippen molar-refractivity contribution >= 4 is 41.4 Å². The second kappa shape index (κ2) is 17.2. The molecule has 0 saturated carbocycles. The monoisotopic (exact) mass is 555 g/mol. The Hall–Kier alpha value is -3.36. The second-order valence-corrected chi connectivity index (χ2v) is 9.65. The van der Waals surface area contributed by atoms with E-state index in [-0.39, 0.29) is 25.0 Å². The summed E-state index contributed by atoms with van der Waals surface area (Å²) in [5.74, 6) is -4.53. The molecule has 10 N–H and O–H groups in total. The number of amides is 3. The predicted octanol–water partition coefficient (Wildman–Crippen LogP) is -0.842. The Morgan fingerprint density at radius 1 is 0.868 bits per heavy atom. The van der Waals surface area contributed by atoms with E-state index in [1.807, 2.05) is 0 Å². The van der Waals surface area contributed by atoms with Crippen LogP contribution in [0.5, 0.6) is 5.75 Å². The molecule has 14 heteroatoms. The van der Waals surface area contributed by atoms with Crippen molar-refractivity contribution in [3.05, 3.63) is 29.8 Å². The van der Waals surface area contributed by atoms with Crippen molar-refractivity contribution in [3.63, 3.8) is 0 Å². The Morgan fingerprint density at radius 2 is 1.42 bits per heavy atom. The van der Waals surface area contributed by atoms with Crippen molar-refractivity contribution in [2.24, 2.45) is 11.5 Å². The maximum atomic E-state index is 13.1. The van der Waals surface area contributed by atoms with Gasteiger partial charge in [0.1, 0.15) is 23.9 Å². The van der Waals surface area contributed by atoms with Crippen LogP contribution >= 0.6 is 11.8 Å². The topological polar surface area (TPSA) is 234 Å². The molecule has 1 aromatic carbocycles. The van der Waals surface area contributed by atoms with Crippen molar-refractivity contribution in [2.75, 3.05) is 18.6 Å². The van der Waals surface area contributed by atoms with Crippen molar-refractivity contribution < 1.29 is 39.3 Å². The molecule has 4 atom stereocenters. The number of unbranched alkanes of at least 4 members (excludes halogenated alkanes) is 1. The number of nitrogens with two attached hydrogens (primary N) is 2. The van der Waals surface area contributed by atoms with E-state index >= 15 is 0 Å². The molecule has 0 aromatic heterocycles. The molecule has 1 rings (SSSR count). The number of benzene rings is 1. The first kappa shape index (κ1) is 32.7. The Morgan fingerprint density at radius 3 is 1.95 bits per heavy atom. The first-order valence-corrected chi connectivity index (χ1v) is 13.5. The number of carboxylic acids is 2. The highest BCUT2D eigenvalue weighted by atomic mass is 32.2. The highest BCUT2D eigenvalue weighted by molar-refractivity contribution is 7.98. The van der Waals surface area contributed by atoms with Crippen LogP contribution in [0.1, 0.15) is 37.7 Å². The number of hydrogen-bond acceptors (Lipinski definition) is 9. The average Bonchev–Trinajstić information content (AvgIpc) is 2.86. The van der Waals surface area contributed by atoms with Gasteiger partial charge in [-0.1, -0.05) is 12.1 Å². The van der Waals surface area contributed by atoms with Crippen LogP contribution in [0.2, 0.25) is 0 Å². The molecular formula is C24H37N5O8S. The first-order chi connectivity index (χ1) is 18.0. The molecule has 0 aliphatic carbocycles. The molecule has 0 aliphatic rings. The van der Waals surface area contributed by atoms with E-state index in [0.29, 0.717) is 30.7 Å². The van der Waals surface area contributed by atoms with Gasteiger partial charge in [-0.3, -0.25) is 19.2 Å². The van der Waals surface area contributed by atoms with E-state index in [1.54, 1.807) is 18.4 Å². The van der Waals surface area contributed by atoms with Gasteiger partial charge in [-0.05, 0) is 68.4 Å². The van der Waals surface area contributed by atoms with Gasteiger partial charge >= 0.3 is 11.9 Å². The number of aliphatic carboxylic acids is 2. The van der Waals surface area contributed by atoms with Crippen LogP contribution in [-0.2, 0) is 30.4 Å². The van der Waals surface area contributed by atoms with E-state index in [0.717, 1.165) is 0 Å². The molecular weight excluding hydrogens is 518 g/mol. The largest absolute Gasteiger partial charge is 0.508 e. The SMILES string of the molecule is CSCCC(NC(=O)C(CCCCN)NC(=O)C(N)Cc1ccc(O)cc1)C(=O)NC(CC(=O)O)C(=O)O. The summed E-state index contributed by atoms with van der Waals surface area (Å²) in [6.07, 6.45) is 2.56. The third kappa shape index (κ3) is 12.3. The van der Waals surface area contributed by atoms with Gasteiger partial charge in [0, 0.05) is 0 Å². The standard InChI is InChI=1S/C24H37N5O8S/c1-38-11-9-18(23(35)29-19(24(36)37)13-20(31)32)28-22(34)17(4-2-3-10-25)27-21(33)16(26)12-14-5-7-15(30)8-6-14/h5-8,16-19,30H,2-4,9-13,25-26H2,1H3,(H,27,33)(H,28,34)(H,29,35)(H,31,32)(H,36,37). The molecule has 3 amide bonds. The lowest BCUT2D eigenvalue weighted by molar-refractivity contribution is -0.147. The van der Waals surface area contributed by atoms with E-state index in [4.69, 9.17) is 16.6 Å².